The molecule has 2 aliphatic heterocycles. The van der Waals surface area contributed by atoms with Gasteiger partial charge in [0.25, 0.3) is 0 Å². The van der Waals surface area contributed by atoms with Crippen molar-refractivity contribution in [2.75, 3.05) is 6.54 Å². The second kappa shape index (κ2) is 2.47. The molecule has 72 valence electrons. The zero-order chi connectivity index (χ0) is 9.00. The Bertz CT molecular complexity index is 253. The van der Waals surface area contributed by atoms with Gasteiger partial charge in [-0.2, -0.15) is 0 Å². The van der Waals surface area contributed by atoms with Gasteiger partial charge in [-0.25, -0.2) is 0 Å². The van der Waals surface area contributed by atoms with Crippen LogP contribution in [-0.2, 0) is 4.79 Å². The molecule has 2 N–H and O–H groups in total. The van der Waals surface area contributed by atoms with E-state index in [-0.39, 0.29) is 0 Å². The Labute approximate surface area is 78.3 Å². The molecule has 1 amide bonds. The molecule has 4 atom stereocenters. The van der Waals surface area contributed by atoms with Gasteiger partial charge in [0.05, 0.1) is 0 Å². The van der Waals surface area contributed by atoms with Crippen molar-refractivity contribution < 1.29 is 4.79 Å². The second-order valence-electron chi connectivity index (χ2n) is 4.73. The van der Waals surface area contributed by atoms with E-state index in [1.807, 2.05) is 0 Å². The van der Waals surface area contributed by atoms with Crippen LogP contribution in [-0.4, -0.2) is 29.4 Å². The highest BCUT2D eigenvalue weighted by atomic mass is 16.2. The molecule has 3 fully saturated rings. The average molecular weight is 180 g/mol. The Morgan fingerprint density at radius 2 is 2.15 bits per heavy atom. The molecule has 2 saturated heterocycles. The predicted molar refractivity (Wildman–Crippen MR) is 48.9 cm³/mol. The summed E-state index contributed by atoms with van der Waals surface area (Å²) in [6.07, 6.45) is 4.44. The third-order valence-electron chi connectivity index (χ3n) is 4.11. The Balaban J connectivity index is 1.85. The van der Waals surface area contributed by atoms with E-state index in [4.69, 9.17) is 5.73 Å². The van der Waals surface area contributed by atoms with Gasteiger partial charge in [-0.3, -0.25) is 4.79 Å². The van der Waals surface area contributed by atoms with Crippen molar-refractivity contribution >= 4 is 5.91 Å². The van der Waals surface area contributed by atoms with Crippen LogP contribution in [0.4, 0.5) is 0 Å². The fourth-order valence-electron chi connectivity index (χ4n) is 3.21. The molecule has 0 aromatic carbocycles. The van der Waals surface area contributed by atoms with Crippen LogP contribution >= 0.6 is 0 Å². The van der Waals surface area contributed by atoms with E-state index < -0.39 is 0 Å². The van der Waals surface area contributed by atoms with Crippen LogP contribution in [0.3, 0.4) is 0 Å². The highest BCUT2D eigenvalue weighted by molar-refractivity contribution is 5.83. The van der Waals surface area contributed by atoms with Gasteiger partial charge in [0.1, 0.15) is 0 Å². The van der Waals surface area contributed by atoms with Gasteiger partial charge in [0.15, 0.2) is 0 Å². The molecule has 0 spiro atoms. The minimum Gasteiger partial charge on any atom is -0.339 e. The van der Waals surface area contributed by atoms with Crippen molar-refractivity contribution in [1.29, 1.82) is 0 Å². The van der Waals surface area contributed by atoms with E-state index in [0.717, 1.165) is 25.8 Å². The van der Waals surface area contributed by atoms with Gasteiger partial charge in [-0.15, -0.1) is 0 Å². The zero-order valence-electron chi connectivity index (χ0n) is 7.78. The largest absolute Gasteiger partial charge is 0.339 e. The summed E-state index contributed by atoms with van der Waals surface area (Å²) in [4.78, 5) is 13.9. The van der Waals surface area contributed by atoms with Crippen LogP contribution in [0.5, 0.6) is 0 Å². The van der Waals surface area contributed by atoms with Gasteiger partial charge in [-0.05, 0) is 31.6 Å². The van der Waals surface area contributed by atoms with Crippen LogP contribution in [0.2, 0.25) is 0 Å². The number of nitrogens with zero attached hydrogens (tertiary/aromatic N) is 1. The summed E-state index contributed by atoms with van der Waals surface area (Å²) in [5.74, 6) is 1.47. The highest BCUT2D eigenvalue weighted by Crippen LogP contribution is 2.48. The molecule has 2 unspecified atom stereocenters. The van der Waals surface area contributed by atoms with Gasteiger partial charge in [0, 0.05) is 24.5 Å². The molecule has 3 rings (SSSR count). The van der Waals surface area contributed by atoms with Crippen molar-refractivity contribution in [2.24, 2.45) is 17.6 Å². The fraction of sp³-hybridized carbons (Fsp3) is 0.900. The standard InChI is InChI=1S/C10H16N2O/c11-6-3-4-12-9(5-6)7-1-2-8(7)10(12)13/h6-9H,1-5,11H2/t6?,7-,8+,9?/m1/s1. The maximum absolute atomic E-state index is 11.8. The fourth-order valence-corrected chi connectivity index (χ4v) is 3.21. The Morgan fingerprint density at radius 3 is 2.85 bits per heavy atom. The van der Waals surface area contributed by atoms with E-state index in [1.54, 1.807) is 0 Å². The lowest BCUT2D eigenvalue weighted by Crippen LogP contribution is -2.46. The van der Waals surface area contributed by atoms with Gasteiger partial charge < -0.3 is 10.6 Å². The van der Waals surface area contributed by atoms with E-state index in [9.17, 15) is 4.79 Å². The molecule has 13 heavy (non-hydrogen) atoms. The smallest absolute Gasteiger partial charge is 0.226 e. The normalized spacial score (nSPS) is 48.4. The summed E-state index contributed by atoms with van der Waals surface area (Å²) in [7, 11) is 0. The molecule has 0 aromatic heterocycles. The minimum atomic E-state index is 0.341. The Hall–Kier alpha value is -0.570. The van der Waals surface area contributed by atoms with Crippen LogP contribution in [0, 0.1) is 11.8 Å². The number of rotatable bonds is 0. The molecule has 3 nitrogen and oxygen atoms in total. The summed E-state index contributed by atoms with van der Waals surface area (Å²) in [6, 6.07) is 0.850. The maximum atomic E-state index is 11.8. The number of hydrogen-bond acceptors (Lipinski definition) is 2. The monoisotopic (exact) mass is 180 g/mol. The summed E-state index contributed by atoms with van der Waals surface area (Å²) in [5.41, 5.74) is 5.93. The van der Waals surface area contributed by atoms with Gasteiger partial charge in [-0.1, -0.05) is 0 Å². The van der Waals surface area contributed by atoms with E-state index in [2.05, 4.69) is 4.90 Å². The van der Waals surface area contributed by atoms with Gasteiger partial charge >= 0.3 is 0 Å². The van der Waals surface area contributed by atoms with Crippen LogP contribution in [0.15, 0.2) is 0 Å². The quantitative estimate of drug-likeness (QED) is 0.584. The van der Waals surface area contributed by atoms with Crippen molar-refractivity contribution in [2.45, 2.75) is 37.8 Å². The summed E-state index contributed by atoms with van der Waals surface area (Å²) in [6.45, 7) is 0.914. The molecule has 2 heterocycles. The summed E-state index contributed by atoms with van der Waals surface area (Å²) in [5, 5.41) is 0. The SMILES string of the molecule is NC1CCN2C(=O)[C@H]3CC[C@H]3C2C1. The van der Waals surface area contributed by atoms with E-state index >= 15 is 0 Å². The number of hydrogen-bond donors (Lipinski definition) is 1. The number of amides is 1. The molecular formula is C10H16N2O. The highest BCUT2D eigenvalue weighted by Gasteiger charge is 2.53. The number of carbonyl (C=O) groups excluding carboxylic acids is 1. The van der Waals surface area contributed by atoms with E-state index in [0.29, 0.717) is 29.8 Å². The van der Waals surface area contributed by atoms with Crippen molar-refractivity contribution in [3.05, 3.63) is 0 Å². The van der Waals surface area contributed by atoms with Crippen molar-refractivity contribution in [3.63, 3.8) is 0 Å². The third-order valence-corrected chi connectivity index (χ3v) is 4.11. The lowest BCUT2D eigenvalue weighted by atomic mass is 9.71. The molecule has 0 radical (unpaired) electrons. The lowest BCUT2D eigenvalue weighted by Gasteiger charge is -2.37. The van der Waals surface area contributed by atoms with Crippen LogP contribution in [0.1, 0.15) is 25.7 Å². The lowest BCUT2D eigenvalue weighted by molar-refractivity contribution is -0.133. The molecule has 3 heteroatoms. The first-order valence-corrected chi connectivity index (χ1v) is 5.33. The summed E-state index contributed by atoms with van der Waals surface area (Å²) < 4.78 is 0. The molecule has 1 aliphatic carbocycles. The predicted octanol–water partition coefficient (Wildman–Crippen LogP) is 0.344. The molecule has 0 aromatic rings. The summed E-state index contributed by atoms with van der Waals surface area (Å²) >= 11 is 0. The molecule has 3 aliphatic rings. The first-order valence-electron chi connectivity index (χ1n) is 5.33. The zero-order valence-corrected chi connectivity index (χ0v) is 7.78. The number of carbonyl (C=O) groups is 1. The average Bonchev–Trinajstić information content (AvgIpc) is 2.18. The molecule has 0 bridgehead atoms. The third kappa shape index (κ3) is 0.909. The first-order chi connectivity index (χ1) is 6.27. The first kappa shape index (κ1) is 7.80. The Kier molecular flexibility index (Phi) is 1.48. The maximum Gasteiger partial charge on any atom is 0.226 e. The number of piperidine rings is 1. The van der Waals surface area contributed by atoms with Crippen molar-refractivity contribution in [1.82, 2.24) is 4.90 Å². The Morgan fingerprint density at radius 1 is 1.31 bits per heavy atom. The van der Waals surface area contributed by atoms with Crippen LogP contribution < -0.4 is 5.73 Å². The molecule has 1 saturated carbocycles. The van der Waals surface area contributed by atoms with Crippen LogP contribution in [0.25, 0.3) is 0 Å². The second-order valence-corrected chi connectivity index (χ2v) is 4.73. The van der Waals surface area contributed by atoms with Gasteiger partial charge in [0.2, 0.25) is 5.91 Å². The minimum absolute atomic E-state index is 0.341. The number of fused-ring (bicyclic) bond motifs is 3. The van der Waals surface area contributed by atoms with Crippen molar-refractivity contribution in [3.8, 4) is 0 Å². The molecular weight excluding hydrogens is 164 g/mol. The van der Waals surface area contributed by atoms with E-state index in [1.165, 1.54) is 6.42 Å². The topological polar surface area (TPSA) is 46.3 Å². The number of nitrogens with two attached hydrogens (primary N) is 1.